The van der Waals surface area contributed by atoms with Gasteiger partial charge in [-0.05, 0) is 38.4 Å². The standard InChI is InChI=1S/C15H24N2/c1-3-15-14(16-2)10-7-11-17(15)12-13-8-5-4-6-9-13/h4-6,8-9,14-16H,3,7,10-12H2,1-2H3. The lowest BCUT2D eigenvalue weighted by Gasteiger charge is -2.41. The second kappa shape index (κ2) is 6.18. The predicted octanol–water partition coefficient (Wildman–Crippen LogP) is 2.65. The van der Waals surface area contributed by atoms with Gasteiger partial charge in [-0.1, -0.05) is 37.3 Å². The van der Waals surface area contributed by atoms with Gasteiger partial charge < -0.3 is 5.32 Å². The minimum Gasteiger partial charge on any atom is -0.315 e. The Morgan fingerprint density at radius 3 is 2.71 bits per heavy atom. The van der Waals surface area contributed by atoms with E-state index in [1.807, 2.05) is 0 Å². The van der Waals surface area contributed by atoms with E-state index >= 15 is 0 Å². The average Bonchev–Trinajstić information content (AvgIpc) is 2.39. The van der Waals surface area contributed by atoms with Gasteiger partial charge in [0.05, 0.1) is 0 Å². The van der Waals surface area contributed by atoms with Crippen molar-refractivity contribution in [2.24, 2.45) is 0 Å². The van der Waals surface area contributed by atoms with E-state index in [2.05, 4.69) is 54.5 Å². The molecular weight excluding hydrogens is 208 g/mol. The molecule has 0 radical (unpaired) electrons. The lowest BCUT2D eigenvalue weighted by atomic mass is 9.93. The van der Waals surface area contributed by atoms with Gasteiger partial charge in [0.1, 0.15) is 0 Å². The minimum atomic E-state index is 0.664. The predicted molar refractivity (Wildman–Crippen MR) is 73.0 cm³/mol. The van der Waals surface area contributed by atoms with E-state index in [1.165, 1.54) is 31.4 Å². The maximum absolute atomic E-state index is 3.48. The first kappa shape index (κ1) is 12.6. The Bertz CT molecular complexity index is 323. The molecule has 94 valence electrons. The molecular formula is C15H24N2. The van der Waals surface area contributed by atoms with Crippen LogP contribution in [0.15, 0.2) is 30.3 Å². The molecule has 0 bridgehead atoms. The van der Waals surface area contributed by atoms with Crippen molar-refractivity contribution in [3.05, 3.63) is 35.9 Å². The number of nitrogens with one attached hydrogen (secondary N) is 1. The molecule has 1 N–H and O–H groups in total. The average molecular weight is 232 g/mol. The van der Waals surface area contributed by atoms with E-state index in [0.29, 0.717) is 12.1 Å². The largest absolute Gasteiger partial charge is 0.315 e. The minimum absolute atomic E-state index is 0.664. The molecule has 0 aliphatic carbocycles. The molecule has 1 aliphatic heterocycles. The summed E-state index contributed by atoms with van der Waals surface area (Å²) in [5.74, 6) is 0. The molecule has 1 aromatic rings. The van der Waals surface area contributed by atoms with Crippen molar-refractivity contribution in [2.75, 3.05) is 13.6 Å². The summed E-state index contributed by atoms with van der Waals surface area (Å²) < 4.78 is 0. The van der Waals surface area contributed by atoms with Gasteiger partial charge in [0, 0.05) is 18.6 Å². The third-order valence-corrected chi connectivity index (χ3v) is 3.91. The van der Waals surface area contributed by atoms with Crippen molar-refractivity contribution in [3.63, 3.8) is 0 Å². The number of likely N-dealkylation sites (tertiary alicyclic amines) is 1. The number of piperidine rings is 1. The van der Waals surface area contributed by atoms with Crippen LogP contribution in [0.1, 0.15) is 31.7 Å². The van der Waals surface area contributed by atoms with Gasteiger partial charge in [-0.15, -0.1) is 0 Å². The first-order valence-corrected chi connectivity index (χ1v) is 6.80. The highest BCUT2D eigenvalue weighted by Gasteiger charge is 2.28. The van der Waals surface area contributed by atoms with Gasteiger partial charge in [0.2, 0.25) is 0 Å². The number of hydrogen-bond donors (Lipinski definition) is 1. The van der Waals surface area contributed by atoms with E-state index in [-0.39, 0.29) is 0 Å². The van der Waals surface area contributed by atoms with Crippen LogP contribution >= 0.6 is 0 Å². The van der Waals surface area contributed by atoms with Gasteiger partial charge in [0.25, 0.3) is 0 Å². The van der Waals surface area contributed by atoms with Crippen molar-refractivity contribution in [1.29, 1.82) is 0 Å². The summed E-state index contributed by atoms with van der Waals surface area (Å²) in [6, 6.07) is 12.2. The Morgan fingerprint density at radius 1 is 1.29 bits per heavy atom. The Morgan fingerprint density at radius 2 is 2.06 bits per heavy atom. The highest BCUT2D eigenvalue weighted by molar-refractivity contribution is 5.14. The summed E-state index contributed by atoms with van der Waals surface area (Å²) in [5.41, 5.74) is 1.43. The molecule has 1 fully saturated rings. The van der Waals surface area contributed by atoms with Crippen molar-refractivity contribution >= 4 is 0 Å². The highest BCUT2D eigenvalue weighted by atomic mass is 15.2. The molecule has 1 heterocycles. The summed E-state index contributed by atoms with van der Waals surface area (Å²) in [7, 11) is 2.10. The topological polar surface area (TPSA) is 15.3 Å². The van der Waals surface area contributed by atoms with E-state index in [0.717, 1.165) is 6.54 Å². The molecule has 0 saturated carbocycles. The molecule has 2 unspecified atom stereocenters. The van der Waals surface area contributed by atoms with E-state index < -0.39 is 0 Å². The van der Waals surface area contributed by atoms with Gasteiger partial charge in [-0.2, -0.15) is 0 Å². The van der Waals surface area contributed by atoms with Crippen molar-refractivity contribution in [3.8, 4) is 0 Å². The van der Waals surface area contributed by atoms with Crippen LogP contribution in [0.25, 0.3) is 0 Å². The van der Waals surface area contributed by atoms with Gasteiger partial charge >= 0.3 is 0 Å². The molecule has 2 heteroatoms. The third kappa shape index (κ3) is 3.08. The number of likely N-dealkylation sites (N-methyl/N-ethyl adjacent to an activating group) is 1. The van der Waals surface area contributed by atoms with Crippen LogP contribution in [0.3, 0.4) is 0 Å². The Balaban J connectivity index is 2.03. The van der Waals surface area contributed by atoms with E-state index in [1.54, 1.807) is 0 Å². The normalized spacial score (nSPS) is 26.0. The fraction of sp³-hybridized carbons (Fsp3) is 0.600. The van der Waals surface area contributed by atoms with Gasteiger partial charge in [0.15, 0.2) is 0 Å². The number of benzene rings is 1. The van der Waals surface area contributed by atoms with Crippen LogP contribution in [-0.2, 0) is 6.54 Å². The van der Waals surface area contributed by atoms with Gasteiger partial charge in [-0.25, -0.2) is 0 Å². The molecule has 2 atom stereocenters. The third-order valence-electron chi connectivity index (χ3n) is 3.91. The zero-order valence-corrected chi connectivity index (χ0v) is 11.0. The Hall–Kier alpha value is -0.860. The zero-order chi connectivity index (χ0) is 12.1. The lowest BCUT2D eigenvalue weighted by molar-refractivity contribution is 0.104. The summed E-state index contributed by atoms with van der Waals surface area (Å²) in [4.78, 5) is 2.64. The van der Waals surface area contributed by atoms with Crippen LogP contribution in [0, 0.1) is 0 Å². The molecule has 2 nitrogen and oxygen atoms in total. The van der Waals surface area contributed by atoms with Gasteiger partial charge in [-0.3, -0.25) is 4.90 Å². The lowest BCUT2D eigenvalue weighted by Crippen LogP contribution is -2.52. The quantitative estimate of drug-likeness (QED) is 0.858. The molecule has 17 heavy (non-hydrogen) atoms. The highest BCUT2D eigenvalue weighted by Crippen LogP contribution is 2.22. The zero-order valence-electron chi connectivity index (χ0n) is 11.0. The molecule has 1 aliphatic rings. The molecule has 1 aromatic carbocycles. The SMILES string of the molecule is CCC1C(NC)CCCN1Cc1ccccc1. The summed E-state index contributed by atoms with van der Waals surface area (Å²) in [6.07, 6.45) is 3.87. The van der Waals surface area contributed by atoms with Crippen LogP contribution in [0.4, 0.5) is 0 Å². The van der Waals surface area contributed by atoms with E-state index in [9.17, 15) is 0 Å². The molecule has 1 saturated heterocycles. The molecule has 0 aromatic heterocycles. The number of hydrogen-bond acceptors (Lipinski definition) is 2. The van der Waals surface area contributed by atoms with Crippen LogP contribution < -0.4 is 5.32 Å². The van der Waals surface area contributed by atoms with Crippen molar-refractivity contribution in [1.82, 2.24) is 10.2 Å². The van der Waals surface area contributed by atoms with Crippen molar-refractivity contribution < 1.29 is 0 Å². The second-order valence-corrected chi connectivity index (χ2v) is 4.97. The maximum atomic E-state index is 3.48. The van der Waals surface area contributed by atoms with Crippen LogP contribution in [0.5, 0.6) is 0 Å². The smallest absolute Gasteiger partial charge is 0.0250 e. The molecule has 0 amide bonds. The molecule has 2 rings (SSSR count). The number of rotatable bonds is 4. The summed E-state index contributed by atoms with van der Waals surface area (Å²) in [6.45, 7) is 4.64. The summed E-state index contributed by atoms with van der Waals surface area (Å²) >= 11 is 0. The fourth-order valence-corrected chi connectivity index (χ4v) is 3.02. The second-order valence-electron chi connectivity index (χ2n) is 4.97. The first-order chi connectivity index (χ1) is 8.35. The first-order valence-electron chi connectivity index (χ1n) is 6.80. The van der Waals surface area contributed by atoms with Crippen LogP contribution in [0.2, 0.25) is 0 Å². The Labute approximate surface area is 105 Å². The Kier molecular flexibility index (Phi) is 4.57. The fourth-order valence-electron chi connectivity index (χ4n) is 3.02. The monoisotopic (exact) mass is 232 g/mol. The number of nitrogens with zero attached hydrogens (tertiary/aromatic N) is 1. The van der Waals surface area contributed by atoms with Crippen molar-refractivity contribution in [2.45, 2.75) is 44.8 Å². The maximum Gasteiger partial charge on any atom is 0.0250 e. The van der Waals surface area contributed by atoms with Crippen LogP contribution in [-0.4, -0.2) is 30.6 Å². The molecule has 0 spiro atoms. The summed E-state index contributed by atoms with van der Waals surface area (Å²) in [5, 5.41) is 3.48. The van der Waals surface area contributed by atoms with E-state index in [4.69, 9.17) is 0 Å².